The fourth-order valence-electron chi connectivity index (χ4n) is 1.90. The van der Waals surface area contributed by atoms with Gasteiger partial charge in [0.1, 0.15) is 16.7 Å². The van der Waals surface area contributed by atoms with E-state index < -0.39 is 0 Å². The van der Waals surface area contributed by atoms with Crippen LogP contribution in [-0.2, 0) is 0 Å². The van der Waals surface area contributed by atoms with E-state index in [1.807, 2.05) is 19.9 Å². The zero-order valence-corrected chi connectivity index (χ0v) is 10.9. The van der Waals surface area contributed by atoms with Gasteiger partial charge in [0.05, 0.1) is 6.04 Å². The first-order valence-electron chi connectivity index (χ1n) is 5.51. The fraction of sp³-hybridized carbons (Fsp3) is 0.308. The zero-order chi connectivity index (χ0) is 12.4. The van der Waals surface area contributed by atoms with Crippen LogP contribution in [0.3, 0.4) is 0 Å². The molecule has 0 aliphatic rings. The number of nitrogens with zero attached hydrogens (tertiary/aromatic N) is 1. The van der Waals surface area contributed by atoms with Gasteiger partial charge in [-0.1, -0.05) is 11.6 Å². The molecule has 0 amide bonds. The van der Waals surface area contributed by atoms with Gasteiger partial charge in [0.2, 0.25) is 0 Å². The second-order valence-electron chi connectivity index (χ2n) is 4.10. The molecular weight excluding hydrogens is 236 g/mol. The number of pyridine rings is 1. The molecule has 0 fully saturated rings. The van der Waals surface area contributed by atoms with Crippen molar-refractivity contribution in [2.45, 2.75) is 26.8 Å². The van der Waals surface area contributed by atoms with Crippen LogP contribution in [0.15, 0.2) is 28.8 Å². The fourth-order valence-corrected chi connectivity index (χ4v) is 2.07. The SMILES string of the molecule is Cc1cc(C(C)Nc2ccnc(Cl)c2)c(C)o1. The topological polar surface area (TPSA) is 38.1 Å². The van der Waals surface area contributed by atoms with Crippen molar-refractivity contribution in [2.75, 3.05) is 5.32 Å². The van der Waals surface area contributed by atoms with E-state index in [-0.39, 0.29) is 6.04 Å². The number of hydrogen-bond donors (Lipinski definition) is 1. The Hall–Kier alpha value is -1.48. The molecule has 0 bridgehead atoms. The molecule has 0 aromatic carbocycles. The molecule has 1 N–H and O–H groups in total. The second kappa shape index (κ2) is 4.80. The summed E-state index contributed by atoms with van der Waals surface area (Å²) < 4.78 is 5.52. The Morgan fingerprint density at radius 1 is 1.35 bits per heavy atom. The molecule has 2 aromatic rings. The monoisotopic (exact) mass is 250 g/mol. The Kier molecular flexibility index (Phi) is 3.38. The molecular formula is C13H15ClN2O. The first kappa shape index (κ1) is 12.0. The van der Waals surface area contributed by atoms with Gasteiger partial charge in [-0.15, -0.1) is 0 Å². The summed E-state index contributed by atoms with van der Waals surface area (Å²) in [7, 11) is 0. The smallest absolute Gasteiger partial charge is 0.131 e. The van der Waals surface area contributed by atoms with Gasteiger partial charge in [-0.05, 0) is 39.0 Å². The molecule has 17 heavy (non-hydrogen) atoms. The van der Waals surface area contributed by atoms with Crippen LogP contribution in [0.2, 0.25) is 5.15 Å². The lowest BCUT2D eigenvalue weighted by Gasteiger charge is -2.14. The van der Waals surface area contributed by atoms with E-state index in [0.717, 1.165) is 22.8 Å². The van der Waals surface area contributed by atoms with Crippen LogP contribution in [0.25, 0.3) is 0 Å². The minimum Gasteiger partial charge on any atom is -0.466 e. The third-order valence-electron chi connectivity index (χ3n) is 2.66. The predicted octanol–water partition coefficient (Wildman–Crippen LogP) is 4.12. The van der Waals surface area contributed by atoms with Crippen LogP contribution in [0.4, 0.5) is 5.69 Å². The average Bonchev–Trinajstić information content (AvgIpc) is 2.58. The van der Waals surface area contributed by atoms with Gasteiger partial charge in [-0.2, -0.15) is 0 Å². The minimum absolute atomic E-state index is 0.172. The number of rotatable bonds is 3. The van der Waals surface area contributed by atoms with Crippen molar-refractivity contribution in [1.82, 2.24) is 4.98 Å². The summed E-state index contributed by atoms with van der Waals surface area (Å²) in [6, 6.07) is 5.92. The molecule has 0 saturated carbocycles. The normalized spacial score (nSPS) is 12.5. The highest BCUT2D eigenvalue weighted by Crippen LogP contribution is 2.25. The lowest BCUT2D eigenvalue weighted by Crippen LogP contribution is -2.06. The molecule has 2 rings (SSSR count). The maximum atomic E-state index is 5.84. The number of anilines is 1. The Morgan fingerprint density at radius 2 is 2.12 bits per heavy atom. The van der Waals surface area contributed by atoms with E-state index >= 15 is 0 Å². The van der Waals surface area contributed by atoms with Crippen LogP contribution in [-0.4, -0.2) is 4.98 Å². The molecule has 2 aromatic heterocycles. The summed E-state index contributed by atoms with van der Waals surface area (Å²) in [5.41, 5.74) is 2.12. The third kappa shape index (κ3) is 2.80. The van der Waals surface area contributed by atoms with Crippen molar-refractivity contribution >= 4 is 17.3 Å². The zero-order valence-electron chi connectivity index (χ0n) is 10.1. The van der Waals surface area contributed by atoms with Gasteiger partial charge in [0.25, 0.3) is 0 Å². The number of nitrogens with one attached hydrogen (secondary N) is 1. The summed E-state index contributed by atoms with van der Waals surface area (Å²) in [5.74, 6) is 1.88. The summed E-state index contributed by atoms with van der Waals surface area (Å²) >= 11 is 5.84. The molecule has 90 valence electrons. The summed E-state index contributed by atoms with van der Waals surface area (Å²) in [6.07, 6.45) is 1.69. The summed E-state index contributed by atoms with van der Waals surface area (Å²) in [4.78, 5) is 3.95. The second-order valence-corrected chi connectivity index (χ2v) is 4.49. The van der Waals surface area contributed by atoms with Crippen LogP contribution in [0.1, 0.15) is 30.0 Å². The highest BCUT2D eigenvalue weighted by Gasteiger charge is 2.12. The maximum absolute atomic E-state index is 5.84. The first-order chi connectivity index (χ1) is 8.06. The van der Waals surface area contributed by atoms with Gasteiger partial charge >= 0.3 is 0 Å². The molecule has 0 aliphatic carbocycles. The molecule has 3 nitrogen and oxygen atoms in total. The van der Waals surface area contributed by atoms with Gasteiger partial charge in [0, 0.05) is 17.4 Å². The van der Waals surface area contributed by atoms with Crippen molar-refractivity contribution < 1.29 is 4.42 Å². The standard InChI is InChI=1S/C13H15ClN2O/c1-8-6-12(10(3)17-8)9(2)16-11-4-5-15-13(14)7-11/h4-7,9H,1-3H3,(H,15,16). The molecule has 0 spiro atoms. The van der Waals surface area contributed by atoms with Crippen molar-refractivity contribution in [3.05, 3.63) is 46.6 Å². The Morgan fingerprint density at radius 3 is 2.71 bits per heavy atom. The van der Waals surface area contributed by atoms with Crippen LogP contribution in [0, 0.1) is 13.8 Å². The summed E-state index contributed by atoms with van der Waals surface area (Å²) in [5, 5.41) is 3.86. The Balaban J connectivity index is 2.16. The van der Waals surface area contributed by atoms with Gasteiger partial charge in [-0.3, -0.25) is 0 Å². The lowest BCUT2D eigenvalue weighted by molar-refractivity contribution is 0.500. The number of halogens is 1. The van der Waals surface area contributed by atoms with Crippen LogP contribution in [0.5, 0.6) is 0 Å². The molecule has 0 aliphatic heterocycles. The summed E-state index contributed by atoms with van der Waals surface area (Å²) in [6.45, 7) is 6.01. The maximum Gasteiger partial charge on any atom is 0.131 e. The Labute approximate surface area is 106 Å². The largest absolute Gasteiger partial charge is 0.466 e. The third-order valence-corrected chi connectivity index (χ3v) is 2.86. The number of hydrogen-bond acceptors (Lipinski definition) is 3. The van der Waals surface area contributed by atoms with Crippen molar-refractivity contribution in [2.24, 2.45) is 0 Å². The van der Waals surface area contributed by atoms with Crippen LogP contribution >= 0.6 is 11.6 Å². The molecule has 2 heterocycles. The number of furan rings is 1. The molecule has 0 radical (unpaired) electrons. The van der Waals surface area contributed by atoms with Crippen molar-refractivity contribution in [3.63, 3.8) is 0 Å². The van der Waals surface area contributed by atoms with E-state index in [9.17, 15) is 0 Å². The first-order valence-corrected chi connectivity index (χ1v) is 5.89. The minimum atomic E-state index is 0.172. The highest BCUT2D eigenvalue weighted by atomic mass is 35.5. The van der Waals surface area contributed by atoms with Gasteiger partial charge in [-0.25, -0.2) is 4.98 Å². The van der Waals surface area contributed by atoms with E-state index in [1.54, 1.807) is 12.3 Å². The molecule has 0 saturated heterocycles. The Bertz CT molecular complexity index is 522. The van der Waals surface area contributed by atoms with Crippen LogP contribution < -0.4 is 5.32 Å². The van der Waals surface area contributed by atoms with Crippen molar-refractivity contribution in [1.29, 1.82) is 0 Å². The van der Waals surface area contributed by atoms with Gasteiger partial charge < -0.3 is 9.73 Å². The molecule has 1 atom stereocenters. The lowest BCUT2D eigenvalue weighted by atomic mass is 10.1. The average molecular weight is 251 g/mol. The quantitative estimate of drug-likeness (QED) is 0.833. The van der Waals surface area contributed by atoms with E-state index in [4.69, 9.17) is 16.0 Å². The van der Waals surface area contributed by atoms with E-state index in [1.165, 1.54) is 0 Å². The van der Waals surface area contributed by atoms with Gasteiger partial charge in [0.15, 0.2) is 0 Å². The van der Waals surface area contributed by atoms with E-state index in [0.29, 0.717) is 5.15 Å². The number of aryl methyl sites for hydroxylation is 2. The molecule has 4 heteroatoms. The molecule has 1 unspecified atom stereocenters. The highest BCUT2D eigenvalue weighted by molar-refractivity contribution is 6.29. The van der Waals surface area contributed by atoms with Crippen molar-refractivity contribution in [3.8, 4) is 0 Å². The number of aromatic nitrogens is 1. The van der Waals surface area contributed by atoms with E-state index in [2.05, 4.69) is 23.3 Å². The predicted molar refractivity (Wildman–Crippen MR) is 69.5 cm³/mol.